The van der Waals surface area contributed by atoms with Crippen molar-refractivity contribution >= 4 is 5.91 Å². The Morgan fingerprint density at radius 1 is 1.16 bits per heavy atom. The van der Waals surface area contributed by atoms with Crippen molar-refractivity contribution in [2.45, 2.75) is 37.8 Å². The molecule has 1 aromatic carbocycles. The molecule has 1 amide bonds. The summed E-state index contributed by atoms with van der Waals surface area (Å²) in [7, 11) is 1.52. The van der Waals surface area contributed by atoms with Crippen LogP contribution in [0.5, 0.6) is 11.8 Å². The number of carbonyl (C=O) groups is 1. The molecule has 0 bridgehead atoms. The minimum atomic E-state index is -0.414. The first-order chi connectivity index (χ1) is 12.2. The molecule has 0 aliphatic heterocycles. The van der Waals surface area contributed by atoms with Crippen molar-refractivity contribution in [3.05, 3.63) is 48.0 Å². The Kier molecular flexibility index (Phi) is 5.42. The van der Waals surface area contributed by atoms with Gasteiger partial charge in [-0.15, -0.1) is 0 Å². The lowest BCUT2D eigenvalue weighted by atomic mass is 9.92. The first-order valence-corrected chi connectivity index (χ1v) is 8.24. The van der Waals surface area contributed by atoms with Gasteiger partial charge in [-0.05, 0) is 43.9 Å². The van der Waals surface area contributed by atoms with Crippen LogP contribution in [0, 0.1) is 5.82 Å². The van der Waals surface area contributed by atoms with Gasteiger partial charge in [-0.25, -0.2) is 14.4 Å². The van der Waals surface area contributed by atoms with E-state index in [1.807, 2.05) is 0 Å². The Morgan fingerprint density at radius 2 is 1.88 bits per heavy atom. The summed E-state index contributed by atoms with van der Waals surface area (Å²) in [6.45, 7) is 0. The number of nitrogens with zero attached hydrogens (tertiary/aromatic N) is 2. The van der Waals surface area contributed by atoms with Gasteiger partial charge in [-0.3, -0.25) is 4.79 Å². The normalized spacial score (nSPS) is 19.9. The van der Waals surface area contributed by atoms with Gasteiger partial charge in [0.05, 0.1) is 7.11 Å². The van der Waals surface area contributed by atoms with Gasteiger partial charge in [-0.1, -0.05) is 6.07 Å². The molecule has 1 aliphatic rings. The van der Waals surface area contributed by atoms with E-state index in [1.54, 1.807) is 18.5 Å². The summed E-state index contributed by atoms with van der Waals surface area (Å²) >= 11 is 0. The summed E-state index contributed by atoms with van der Waals surface area (Å²) in [5.74, 6) is 0.0865. The van der Waals surface area contributed by atoms with Crippen molar-refractivity contribution in [1.82, 2.24) is 15.3 Å². The molecule has 1 saturated carbocycles. The molecule has 1 aliphatic carbocycles. The maximum absolute atomic E-state index is 13.2. The Balaban J connectivity index is 1.51. The zero-order valence-corrected chi connectivity index (χ0v) is 13.9. The first-order valence-electron chi connectivity index (χ1n) is 8.24. The number of methoxy groups -OCH3 is 1. The SMILES string of the molecule is COc1nccnc1OC1CCC(NC(=O)c2cccc(F)c2)CC1. The van der Waals surface area contributed by atoms with E-state index in [9.17, 15) is 9.18 Å². The molecule has 0 saturated heterocycles. The average Bonchev–Trinajstić information content (AvgIpc) is 2.64. The zero-order valence-electron chi connectivity index (χ0n) is 13.9. The van der Waals surface area contributed by atoms with E-state index in [4.69, 9.17) is 9.47 Å². The molecule has 0 spiro atoms. The van der Waals surface area contributed by atoms with Gasteiger partial charge in [-0.2, -0.15) is 0 Å². The Morgan fingerprint density at radius 3 is 2.56 bits per heavy atom. The van der Waals surface area contributed by atoms with Crippen LogP contribution in [0.15, 0.2) is 36.7 Å². The lowest BCUT2D eigenvalue weighted by molar-refractivity contribution is 0.0886. The highest BCUT2D eigenvalue weighted by molar-refractivity contribution is 5.94. The number of hydrogen-bond donors (Lipinski definition) is 1. The number of rotatable bonds is 5. The second kappa shape index (κ2) is 7.92. The lowest BCUT2D eigenvalue weighted by Crippen LogP contribution is -2.39. The van der Waals surface area contributed by atoms with Crippen molar-refractivity contribution in [3.63, 3.8) is 0 Å². The molecule has 132 valence electrons. The van der Waals surface area contributed by atoms with E-state index in [0.29, 0.717) is 17.3 Å². The molecule has 1 fully saturated rings. The highest BCUT2D eigenvalue weighted by Gasteiger charge is 2.25. The smallest absolute Gasteiger partial charge is 0.278 e. The molecule has 25 heavy (non-hydrogen) atoms. The van der Waals surface area contributed by atoms with Crippen LogP contribution >= 0.6 is 0 Å². The van der Waals surface area contributed by atoms with Gasteiger partial charge in [0.25, 0.3) is 17.7 Å². The predicted molar refractivity (Wildman–Crippen MR) is 89.1 cm³/mol. The number of carbonyl (C=O) groups excluding carboxylic acids is 1. The number of benzene rings is 1. The van der Waals surface area contributed by atoms with Crippen LogP contribution in [0.4, 0.5) is 4.39 Å². The second-order valence-corrected chi connectivity index (χ2v) is 5.95. The van der Waals surface area contributed by atoms with Crippen LogP contribution in [-0.2, 0) is 0 Å². The fourth-order valence-electron chi connectivity index (χ4n) is 2.91. The number of hydrogen-bond acceptors (Lipinski definition) is 5. The third kappa shape index (κ3) is 4.43. The van der Waals surface area contributed by atoms with Crippen molar-refractivity contribution in [1.29, 1.82) is 0 Å². The van der Waals surface area contributed by atoms with E-state index in [2.05, 4.69) is 15.3 Å². The predicted octanol–water partition coefficient (Wildman–Crippen LogP) is 2.74. The molecule has 1 N–H and O–H groups in total. The fraction of sp³-hybridized carbons (Fsp3) is 0.389. The van der Waals surface area contributed by atoms with Crippen LogP contribution in [-0.4, -0.2) is 35.1 Å². The van der Waals surface area contributed by atoms with E-state index in [1.165, 1.54) is 25.3 Å². The first kappa shape index (κ1) is 17.1. The molecular weight excluding hydrogens is 325 g/mol. The monoisotopic (exact) mass is 345 g/mol. The summed E-state index contributed by atoms with van der Waals surface area (Å²) in [6.07, 6.45) is 6.25. The van der Waals surface area contributed by atoms with Gasteiger partial charge in [0, 0.05) is 24.0 Å². The van der Waals surface area contributed by atoms with E-state index < -0.39 is 5.82 Å². The van der Waals surface area contributed by atoms with E-state index in [-0.39, 0.29) is 18.1 Å². The number of ether oxygens (including phenoxy) is 2. The van der Waals surface area contributed by atoms with Gasteiger partial charge in [0.15, 0.2) is 0 Å². The van der Waals surface area contributed by atoms with E-state index in [0.717, 1.165) is 25.7 Å². The summed E-state index contributed by atoms with van der Waals surface area (Å²) in [5.41, 5.74) is 0.336. The van der Waals surface area contributed by atoms with Crippen LogP contribution in [0.2, 0.25) is 0 Å². The van der Waals surface area contributed by atoms with Crippen molar-refractivity contribution < 1.29 is 18.7 Å². The molecule has 3 rings (SSSR count). The Hall–Kier alpha value is -2.70. The van der Waals surface area contributed by atoms with Crippen LogP contribution in [0.3, 0.4) is 0 Å². The van der Waals surface area contributed by atoms with Crippen molar-refractivity contribution in [3.8, 4) is 11.8 Å². The molecule has 1 heterocycles. The average molecular weight is 345 g/mol. The number of nitrogens with one attached hydrogen (secondary N) is 1. The maximum atomic E-state index is 13.2. The number of aromatic nitrogens is 2. The van der Waals surface area contributed by atoms with Gasteiger partial charge in [0.1, 0.15) is 11.9 Å². The standard InChI is InChI=1S/C18H20FN3O3/c1-24-17-18(21-10-9-20-17)25-15-7-5-14(6-8-15)22-16(23)12-3-2-4-13(19)11-12/h2-4,9-11,14-15H,5-8H2,1H3,(H,22,23). The van der Waals surface area contributed by atoms with Gasteiger partial charge < -0.3 is 14.8 Å². The van der Waals surface area contributed by atoms with Crippen LogP contribution in [0.1, 0.15) is 36.0 Å². The maximum Gasteiger partial charge on any atom is 0.278 e. The van der Waals surface area contributed by atoms with Gasteiger partial charge >= 0.3 is 0 Å². The second-order valence-electron chi connectivity index (χ2n) is 5.95. The quantitative estimate of drug-likeness (QED) is 0.902. The van der Waals surface area contributed by atoms with Crippen molar-refractivity contribution in [2.75, 3.05) is 7.11 Å². The van der Waals surface area contributed by atoms with Crippen LogP contribution < -0.4 is 14.8 Å². The summed E-state index contributed by atoms with van der Waals surface area (Å²) in [6, 6.07) is 5.75. The third-order valence-electron chi connectivity index (χ3n) is 4.20. The third-order valence-corrected chi connectivity index (χ3v) is 4.20. The van der Waals surface area contributed by atoms with Crippen LogP contribution in [0.25, 0.3) is 0 Å². The largest absolute Gasteiger partial charge is 0.477 e. The minimum absolute atomic E-state index is 0.00733. The molecule has 1 aromatic heterocycles. The van der Waals surface area contributed by atoms with Gasteiger partial charge in [0.2, 0.25) is 0 Å². The number of amides is 1. The summed E-state index contributed by atoms with van der Waals surface area (Å²) in [5, 5.41) is 2.96. The minimum Gasteiger partial charge on any atom is -0.477 e. The van der Waals surface area contributed by atoms with Crippen molar-refractivity contribution in [2.24, 2.45) is 0 Å². The number of halogens is 1. The highest BCUT2D eigenvalue weighted by Crippen LogP contribution is 2.27. The topological polar surface area (TPSA) is 73.3 Å². The fourth-order valence-corrected chi connectivity index (χ4v) is 2.91. The molecule has 0 unspecified atom stereocenters. The molecule has 7 heteroatoms. The summed E-state index contributed by atoms with van der Waals surface area (Å²) in [4.78, 5) is 20.4. The molecule has 6 nitrogen and oxygen atoms in total. The molecule has 2 aromatic rings. The summed E-state index contributed by atoms with van der Waals surface area (Å²) < 4.78 is 24.2. The zero-order chi connectivity index (χ0) is 17.6. The Bertz CT molecular complexity index is 733. The molecule has 0 atom stereocenters. The Labute approximate surface area is 145 Å². The van der Waals surface area contributed by atoms with E-state index >= 15 is 0 Å². The highest BCUT2D eigenvalue weighted by atomic mass is 19.1. The lowest BCUT2D eigenvalue weighted by Gasteiger charge is -2.29. The molecule has 0 radical (unpaired) electrons. The molecular formula is C18H20FN3O3.